The van der Waals surface area contributed by atoms with Crippen molar-refractivity contribution < 1.29 is 36.6 Å². The van der Waals surface area contributed by atoms with Crippen molar-refractivity contribution in [3.05, 3.63) is 83.2 Å². The molecule has 0 spiro atoms. The number of aromatic carboxylic acids is 1. The SMILES string of the molecule is CC(F)(F)c1ccc(-c2ccc(NC(=O)[C@@H]3C[C@H]3c3cccc(C(F)(F)F)c3)cc2C(=O)O)cn1. The maximum absolute atomic E-state index is 13.4. The van der Waals surface area contributed by atoms with Crippen LogP contribution in [-0.2, 0) is 16.9 Å². The first-order valence-electron chi connectivity index (χ1n) is 10.5. The van der Waals surface area contributed by atoms with Gasteiger partial charge in [-0.15, -0.1) is 0 Å². The van der Waals surface area contributed by atoms with Crippen LogP contribution < -0.4 is 5.32 Å². The van der Waals surface area contributed by atoms with Gasteiger partial charge in [-0.1, -0.05) is 30.3 Å². The van der Waals surface area contributed by atoms with Gasteiger partial charge < -0.3 is 10.4 Å². The van der Waals surface area contributed by atoms with Gasteiger partial charge in [-0.2, -0.15) is 22.0 Å². The van der Waals surface area contributed by atoms with Gasteiger partial charge in [0, 0.05) is 30.3 Å². The van der Waals surface area contributed by atoms with Crippen molar-refractivity contribution in [3.8, 4) is 11.1 Å². The molecule has 0 radical (unpaired) electrons. The van der Waals surface area contributed by atoms with Crippen molar-refractivity contribution in [1.29, 1.82) is 0 Å². The molecule has 4 rings (SSSR count). The van der Waals surface area contributed by atoms with Crippen LogP contribution in [0.1, 0.15) is 46.4 Å². The number of nitrogens with one attached hydrogen (secondary N) is 1. The molecule has 1 aromatic heterocycles. The van der Waals surface area contributed by atoms with E-state index >= 15 is 0 Å². The smallest absolute Gasteiger partial charge is 0.416 e. The van der Waals surface area contributed by atoms with Crippen molar-refractivity contribution in [2.45, 2.75) is 31.4 Å². The molecule has 35 heavy (non-hydrogen) atoms. The topological polar surface area (TPSA) is 79.3 Å². The number of pyridine rings is 1. The summed E-state index contributed by atoms with van der Waals surface area (Å²) in [7, 11) is 0. The second-order valence-corrected chi connectivity index (χ2v) is 8.45. The first-order valence-corrected chi connectivity index (χ1v) is 10.5. The molecule has 1 fully saturated rings. The molecular weight excluding hydrogens is 471 g/mol. The molecule has 2 N–H and O–H groups in total. The second-order valence-electron chi connectivity index (χ2n) is 8.45. The van der Waals surface area contributed by atoms with Crippen LogP contribution in [0, 0.1) is 5.92 Å². The molecule has 2 atom stereocenters. The first kappa shape index (κ1) is 24.3. The molecular formula is C25H19F5N2O3. The minimum absolute atomic E-state index is 0.175. The van der Waals surface area contributed by atoms with Crippen molar-refractivity contribution in [3.63, 3.8) is 0 Å². The summed E-state index contributed by atoms with van der Waals surface area (Å²) in [6.07, 6.45) is -2.96. The fourth-order valence-electron chi connectivity index (χ4n) is 3.90. The number of carbonyl (C=O) groups excluding carboxylic acids is 1. The van der Waals surface area contributed by atoms with E-state index in [4.69, 9.17) is 0 Å². The Morgan fingerprint density at radius 2 is 1.77 bits per heavy atom. The number of alkyl halides is 5. The fraction of sp³-hybridized carbons (Fsp3) is 0.240. The minimum Gasteiger partial charge on any atom is -0.478 e. The molecule has 0 unspecified atom stereocenters. The molecule has 5 nitrogen and oxygen atoms in total. The highest BCUT2D eigenvalue weighted by Crippen LogP contribution is 2.49. The highest BCUT2D eigenvalue weighted by molar-refractivity contribution is 6.00. The molecule has 1 saturated carbocycles. The summed E-state index contributed by atoms with van der Waals surface area (Å²) in [6, 6.07) is 11.4. The Balaban J connectivity index is 1.50. The number of hydrogen-bond acceptors (Lipinski definition) is 3. The first-order chi connectivity index (χ1) is 16.3. The molecule has 1 aliphatic carbocycles. The van der Waals surface area contributed by atoms with Crippen molar-refractivity contribution >= 4 is 17.6 Å². The predicted octanol–water partition coefficient (Wildman–Crippen LogP) is 6.32. The van der Waals surface area contributed by atoms with E-state index in [0.717, 1.165) is 24.4 Å². The van der Waals surface area contributed by atoms with Crippen LogP contribution in [0.15, 0.2) is 60.8 Å². The number of hydrogen-bond donors (Lipinski definition) is 2. The van der Waals surface area contributed by atoms with Gasteiger partial charge in [-0.3, -0.25) is 9.78 Å². The zero-order chi connectivity index (χ0) is 25.5. The van der Waals surface area contributed by atoms with Crippen LogP contribution in [0.5, 0.6) is 0 Å². The Bertz CT molecular complexity index is 1280. The maximum Gasteiger partial charge on any atom is 0.416 e. The van der Waals surface area contributed by atoms with Crippen LogP contribution in [0.2, 0.25) is 0 Å². The van der Waals surface area contributed by atoms with Gasteiger partial charge in [0.15, 0.2) is 0 Å². The number of amides is 1. The van der Waals surface area contributed by atoms with E-state index in [2.05, 4.69) is 10.3 Å². The summed E-state index contributed by atoms with van der Waals surface area (Å²) >= 11 is 0. The summed E-state index contributed by atoms with van der Waals surface area (Å²) in [5.41, 5.74) is -0.284. The number of benzene rings is 2. The number of halogens is 5. The Labute approximate surface area is 196 Å². The highest BCUT2D eigenvalue weighted by atomic mass is 19.4. The second kappa shape index (κ2) is 8.75. The van der Waals surface area contributed by atoms with Crippen LogP contribution in [0.25, 0.3) is 11.1 Å². The number of anilines is 1. The average Bonchev–Trinajstić information content (AvgIpc) is 3.59. The monoisotopic (exact) mass is 490 g/mol. The number of carboxylic acid groups (broad SMARTS) is 1. The number of nitrogens with zero attached hydrogens (tertiary/aromatic N) is 1. The zero-order valence-electron chi connectivity index (χ0n) is 18.2. The molecule has 182 valence electrons. The van der Waals surface area contributed by atoms with Crippen LogP contribution in [0.4, 0.5) is 27.6 Å². The third-order valence-electron chi connectivity index (χ3n) is 5.81. The van der Waals surface area contributed by atoms with Gasteiger partial charge >= 0.3 is 12.1 Å². The van der Waals surface area contributed by atoms with Gasteiger partial charge in [0.2, 0.25) is 5.91 Å². The van der Waals surface area contributed by atoms with E-state index in [1.54, 1.807) is 0 Å². The Morgan fingerprint density at radius 3 is 2.37 bits per heavy atom. The van der Waals surface area contributed by atoms with E-state index < -0.39 is 41.2 Å². The van der Waals surface area contributed by atoms with Gasteiger partial charge in [-0.05, 0) is 47.7 Å². The number of carbonyl (C=O) groups is 2. The summed E-state index contributed by atoms with van der Waals surface area (Å²) in [4.78, 5) is 28.2. The summed E-state index contributed by atoms with van der Waals surface area (Å²) in [6.45, 7) is 0.701. The number of aromatic nitrogens is 1. The van der Waals surface area contributed by atoms with Gasteiger partial charge in [0.1, 0.15) is 5.69 Å². The van der Waals surface area contributed by atoms with Crippen molar-refractivity contribution in [2.75, 3.05) is 5.32 Å². The third kappa shape index (κ3) is 5.31. The molecule has 1 heterocycles. The molecule has 10 heteroatoms. The number of carboxylic acids is 1. The Kier molecular flexibility index (Phi) is 6.08. The Hall–Kier alpha value is -3.82. The van der Waals surface area contributed by atoms with Crippen molar-refractivity contribution in [2.24, 2.45) is 5.92 Å². The summed E-state index contributed by atoms with van der Waals surface area (Å²) in [5.74, 6) is -5.78. The maximum atomic E-state index is 13.4. The van der Waals surface area contributed by atoms with Crippen LogP contribution >= 0.6 is 0 Å². The standard InChI is InChI=1S/C25H19F5N2O3/c1-24(26,27)21-8-5-14(12-31-21)17-7-6-16(10-20(17)23(34)35)32-22(33)19-11-18(19)13-3-2-4-15(9-13)25(28,29)30/h2-10,12,18-19H,11H2,1H3,(H,32,33)(H,34,35)/t18-,19+/m0/s1. The predicted molar refractivity (Wildman–Crippen MR) is 117 cm³/mol. The number of rotatable bonds is 6. The third-order valence-corrected chi connectivity index (χ3v) is 5.81. The van der Waals surface area contributed by atoms with E-state index in [1.165, 1.54) is 36.4 Å². The minimum atomic E-state index is -4.48. The highest BCUT2D eigenvalue weighted by Gasteiger charge is 2.44. The van der Waals surface area contributed by atoms with E-state index in [9.17, 15) is 36.6 Å². The molecule has 0 saturated heterocycles. The Morgan fingerprint density at radius 1 is 1.03 bits per heavy atom. The van der Waals surface area contributed by atoms with Gasteiger partial charge in [0.25, 0.3) is 5.92 Å². The van der Waals surface area contributed by atoms with Crippen LogP contribution in [0.3, 0.4) is 0 Å². The fourth-order valence-corrected chi connectivity index (χ4v) is 3.90. The van der Waals surface area contributed by atoms with Crippen LogP contribution in [-0.4, -0.2) is 22.0 Å². The van der Waals surface area contributed by atoms with E-state index in [-0.39, 0.29) is 22.7 Å². The zero-order valence-corrected chi connectivity index (χ0v) is 18.2. The molecule has 0 bridgehead atoms. The normalized spacial score (nSPS) is 17.7. The lowest BCUT2D eigenvalue weighted by Crippen LogP contribution is -2.15. The summed E-state index contributed by atoms with van der Waals surface area (Å²) in [5, 5.41) is 12.2. The lowest BCUT2D eigenvalue weighted by atomic mass is 9.99. The largest absolute Gasteiger partial charge is 0.478 e. The quantitative estimate of drug-likeness (QED) is 0.397. The molecule has 3 aromatic rings. The van der Waals surface area contributed by atoms with Gasteiger partial charge in [-0.25, -0.2) is 4.79 Å². The van der Waals surface area contributed by atoms with E-state index in [0.29, 0.717) is 24.5 Å². The van der Waals surface area contributed by atoms with Gasteiger partial charge in [0.05, 0.1) is 11.1 Å². The molecule has 2 aromatic carbocycles. The molecule has 0 aliphatic heterocycles. The summed E-state index contributed by atoms with van der Waals surface area (Å²) < 4.78 is 65.7. The average molecular weight is 490 g/mol. The van der Waals surface area contributed by atoms with Crippen molar-refractivity contribution in [1.82, 2.24) is 4.98 Å². The molecule has 1 aliphatic rings. The lowest BCUT2D eigenvalue weighted by Gasteiger charge is -2.13. The molecule has 1 amide bonds. The lowest BCUT2D eigenvalue weighted by molar-refractivity contribution is -0.137. The van der Waals surface area contributed by atoms with E-state index in [1.807, 2.05) is 0 Å².